The molecule has 5 atom stereocenters. The molecule has 27 heavy (non-hydrogen) atoms. The molecule has 0 unspecified atom stereocenters. The van der Waals surface area contributed by atoms with Gasteiger partial charge in [0.25, 0.3) is 0 Å². The number of hydrogen-bond donors (Lipinski definition) is 4. The fraction of sp³-hybridized carbons (Fsp3) is 0.524. The Hall–Kier alpha value is -1.37. The van der Waals surface area contributed by atoms with Gasteiger partial charge in [-0.2, -0.15) is 0 Å². The molecule has 0 spiro atoms. The lowest BCUT2D eigenvalue weighted by atomic mass is 9.89. The monoisotopic (exact) mass is 396 g/mol. The van der Waals surface area contributed by atoms with Crippen LogP contribution < -0.4 is 4.74 Å². The van der Waals surface area contributed by atoms with Crippen LogP contribution in [0.4, 0.5) is 0 Å². The highest BCUT2D eigenvalue weighted by Crippen LogP contribution is 2.36. The summed E-state index contributed by atoms with van der Waals surface area (Å²) in [6, 6.07) is 6.96. The minimum Gasteiger partial charge on any atom is -0.491 e. The fourth-order valence-electron chi connectivity index (χ4n) is 3.34. The van der Waals surface area contributed by atoms with Crippen molar-refractivity contribution in [1.29, 1.82) is 0 Å². The van der Waals surface area contributed by atoms with Crippen molar-refractivity contribution in [3.8, 4) is 5.75 Å². The molecule has 0 amide bonds. The Morgan fingerprint density at radius 3 is 2.78 bits per heavy atom. The molecule has 0 bridgehead atoms. The van der Waals surface area contributed by atoms with Crippen LogP contribution in [0.15, 0.2) is 48.6 Å². The third kappa shape index (κ3) is 7.28. The normalized spacial score (nSPS) is 26.9. The van der Waals surface area contributed by atoms with Gasteiger partial charge in [-0.1, -0.05) is 42.0 Å². The van der Waals surface area contributed by atoms with Crippen LogP contribution in [0.2, 0.25) is 5.02 Å². The first kappa shape index (κ1) is 21.9. The number of hydrogen-bond acceptors (Lipinski definition) is 5. The van der Waals surface area contributed by atoms with Gasteiger partial charge in [-0.3, -0.25) is 0 Å². The van der Waals surface area contributed by atoms with Crippen molar-refractivity contribution in [2.45, 2.75) is 44.0 Å². The van der Waals surface area contributed by atoms with Crippen LogP contribution in [0.25, 0.3) is 0 Å². The van der Waals surface area contributed by atoms with Gasteiger partial charge in [0.05, 0.1) is 12.2 Å². The minimum atomic E-state index is -0.824. The van der Waals surface area contributed by atoms with E-state index in [-0.39, 0.29) is 25.0 Å². The molecule has 1 aromatic carbocycles. The zero-order valence-corrected chi connectivity index (χ0v) is 16.1. The summed E-state index contributed by atoms with van der Waals surface area (Å²) in [7, 11) is 0. The molecule has 0 heterocycles. The maximum Gasteiger partial charge on any atom is 0.120 e. The Bertz CT molecular complexity index is 618. The van der Waals surface area contributed by atoms with Gasteiger partial charge in [0.2, 0.25) is 0 Å². The van der Waals surface area contributed by atoms with E-state index in [9.17, 15) is 15.3 Å². The first-order valence-corrected chi connectivity index (χ1v) is 9.75. The Labute approximate surface area is 165 Å². The minimum absolute atomic E-state index is 0.0773. The van der Waals surface area contributed by atoms with Crippen LogP contribution in [-0.4, -0.2) is 52.0 Å². The lowest BCUT2D eigenvalue weighted by Gasteiger charge is -2.19. The lowest BCUT2D eigenvalue weighted by molar-refractivity contribution is 0.120. The molecule has 150 valence electrons. The third-order valence-electron chi connectivity index (χ3n) is 4.79. The number of unbranched alkanes of at least 4 members (excludes halogenated alkanes) is 1. The van der Waals surface area contributed by atoms with Crippen LogP contribution in [0, 0.1) is 11.8 Å². The van der Waals surface area contributed by atoms with Crippen LogP contribution in [-0.2, 0) is 0 Å². The molecule has 0 aliphatic heterocycles. The van der Waals surface area contributed by atoms with Gasteiger partial charge in [-0.25, -0.2) is 0 Å². The maximum absolute atomic E-state index is 10.2. The summed E-state index contributed by atoms with van der Waals surface area (Å²) in [5.41, 5.74) is 0. The maximum atomic E-state index is 10.2. The van der Waals surface area contributed by atoms with Gasteiger partial charge in [0, 0.05) is 24.0 Å². The summed E-state index contributed by atoms with van der Waals surface area (Å²) < 4.78 is 5.51. The number of ether oxygens (including phenoxy) is 1. The topological polar surface area (TPSA) is 90.2 Å². The average Bonchev–Trinajstić information content (AvgIpc) is 2.91. The molecular formula is C21H29ClO5. The van der Waals surface area contributed by atoms with E-state index >= 15 is 0 Å². The zero-order chi connectivity index (χ0) is 19.6. The van der Waals surface area contributed by atoms with E-state index in [1.165, 1.54) is 0 Å². The number of aliphatic hydroxyl groups excluding tert-OH is 4. The van der Waals surface area contributed by atoms with Crippen molar-refractivity contribution in [2.75, 3.05) is 13.2 Å². The quantitative estimate of drug-likeness (QED) is 0.360. The Kier molecular flexibility index (Phi) is 9.31. The summed E-state index contributed by atoms with van der Waals surface area (Å²) in [5.74, 6) is 0.267. The van der Waals surface area contributed by atoms with E-state index in [2.05, 4.69) is 0 Å². The van der Waals surface area contributed by atoms with E-state index in [1.807, 2.05) is 12.2 Å². The van der Waals surface area contributed by atoms with Crippen molar-refractivity contribution in [2.24, 2.45) is 11.8 Å². The number of benzene rings is 1. The number of allylic oxidation sites excluding steroid dienone is 2. The van der Waals surface area contributed by atoms with Gasteiger partial charge < -0.3 is 25.2 Å². The van der Waals surface area contributed by atoms with Crippen molar-refractivity contribution in [3.05, 3.63) is 53.6 Å². The standard InChI is InChI=1S/C21H29ClO5/c22-15-6-5-7-17(12-15)27-14-16(24)9-10-19-18(20(25)13-21(19)26)8-3-1-2-4-11-23/h1,3,5-7,9-10,12,16,18-21,23-26H,2,4,8,11,13-14H2/t16-,18-,19-,20+,21-/m1/s1. The first-order valence-electron chi connectivity index (χ1n) is 9.38. The molecular weight excluding hydrogens is 368 g/mol. The first-order chi connectivity index (χ1) is 13.0. The Morgan fingerprint density at radius 2 is 2.04 bits per heavy atom. The summed E-state index contributed by atoms with van der Waals surface area (Å²) in [5, 5.41) is 39.9. The molecule has 0 saturated heterocycles. The van der Waals surface area contributed by atoms with Crippen LogP contribution in [0.1, 0.15) is 25.7 Å². The van der Waals surface area contributed by atoms with Crippen molar-refractivity contribution in [1.82, 2.24) is 0 Å². The van der Waals surface area contributed by atoms with Gasteiger partial charge in [-0.15, -0.1) is 0 Å². The molecule has 1 aliphatic rings. The number of aliphatic hydroxyl groups is 4. The van der Waals surface area contributed by atoms with Gasteiger partial charge in [0.1, 0.15) is 18.5 Å². The highest BCUT2D eigenvalue weighted by atomic mass is 35.5. The SMILES string of the molecule is OCCCC=CC[C@@H]1[C@@H](C=C[C@@H](O)COc2cccc(Cl)c2)[C@H](O)C[C@@H]1O. The van der Waals surface area contributed by atoms with E-state index in [1.54, 1.807) is 36.4 Å². The lowest BCUT2D eigenvalue weighted by Crippen LogP contribution is -2.21. The van der Waals surface area contributed by atoms with E-state index in [4.69, 9.17) is 21.4 Å². The molecule has 1 saturated carbocycles. The molecule has 6 heteroatoms. The van der Waals surface area contributed by atoms with Gasteiger partial charge >= 0.3 is 0 Å². The second kappa shape index (κ2) is 11.5. The van der Waals surface area contributed by atoms with E-state index in [0.717, 1.165) is 6.42 Å². The Morgan fingerprint density at radius 1 is 1.22 bits per heavy atom. The van der Waals surface area contributed by atoms with E-state index in [0.29, 0.717) is 30.0 Å². The molecule has 0 aromatic heterocycles. The Balaban J connectivity index is 1.86. The third-order valence-corrected chi connectivity index (χ3v) is 5.03. The van der Waals surface area contributed by atoms with Gasteiger partial charge in [0.15, 0.2) is 0 Å². The summed E-state index contributed by atoms with van der Waals surface area (Å²) in [6.45, 7) is 0.240. The number of halogens is 1. The predicted octanol–water partition coefficient (Wildman–Crippen LogP) is 2.71. The second-order valence-corrected chi connectivity index (χ2v) is 7.34. The van der Waals surface area contributed by atoms with Crippen molar-refractivity contribution < 1.29 is 25.2 Å². The fourth-order valence-corrected chi connectivity index (χ4v) is 3.52. The molecule has 4 N–H and O–H groups in total. The summed E-state index contributed by atoms with van der Waals surface area (Å²) in [6.07, 6.45) is 7.82. The van der Waals surface area contributed by atoms with Crippen LogP contribution in [0.5, 0.6) is 5.75 Å². The zero-order valence-electron chi connectivity index (χ0n) is 15.3. The summed E-state index contributed by atoms with van der Waals surface area (Å²) in [4.78, 5) is 0. The molecule has 1 aliphatic carbocycles. The highest BCUT2D eigenvalue weighted by molar-refractivity contribution is 6.30. The highest BCUT2D eigenvalue weighted by Gasteiger charge is 2.39. The molecule has 1 aromatic rings. The molecule has 2 rings (SSSR count). The molecule has 1 fully saturated rings. The van der Waals surface area contributed by atoms with Crippen molar-refractivity contribution >= 4 is 11.6 Å². The second-order valence-electron chi connectivity index (χ2n) is 6.91. The van der Waals surface area contributed by atoms with Crippen LogP contribution >= 0.6 is 11.6 Å². The number of rotatable bonds is 10. The predicted molar refractivity (Wildman–Crippen MR) is 106 cm³/mol. The largest absolute Gasteiger partial charge is 0.491 e. The molecule has 5 nitrogen and oxygen atoms in total. The van der Waals surface area contributed by atoms with Crippen LogP contribution in [0.3, 0.4) is 0 Å². The summed E-state index contributed by atoms with van der Waals surface area (Å²) >= 11 is 5.90. The smallest absolute Gasteiger partial charge is 0.120 e. The average molecular weight is 397 g/mol. The van der Waals surface area contributed by atoms with Crippen molar-refractivity contribution in [3.63, 3.8) is 0 Å². The van der Waals surface area contributed by atoms with Gasteiger partial charge in [-0.05, 0) is 43.4 Å². The van der Waals surface area contributed by atoms with E-state index < -0.39 is 18.3 Å². The molecule has 0 radical (unpaired) electrons.